The van der Waals surface area contributed by atoms with E-state index in [9.17, 15) is 18.0 Å². The lowest BCUT2D eigenvalue weighted by molar-refractivity contribution is -0.137. The molecule has 2 aromatic heterocycles. The second-order valence-corrected chi connectivity index (χ2v) is 6.32. The molecule has 0 bridgehead atoms. The summed E-state index contributed by atoms with van der Waals surface area (Å²) in [5, 5.41) is 0. The second kappa shape index (κ2) is 7.50. The highest BCUT2D eigenvalue weighted by atomic mass is 19.4. The molecule has 0 aliphatic rings. The molecule has 4 nitrogen and oxygen atoms in total. The van der Waals surface area contributed by atoms with Crippen molar-refractivity contribution >= 4 is 5.97 Å². The molecule has 0 atom stereocenters. The van der Waals surface area contributed by atoms with Crippen LogP contribution in [0.2, 0.25) is 0 Å². The summed E-state index contributed by atoms with van der Waals surface area (Å²) in [5.74, 6) is -0.120. The first-order valence-electron chi connectivity index (χ1n) is 8.73. The van der Waals surface area contributed by atoms with Crippen molar-refractivity contribution in [2.24, 2.45) is 0 Å². The Morgan fingerprint density at radius 2 is 1.86 bits per heavy atom. The van der Waals surface area contributed by atoms with Crippen LogP contribution in [0, 0.1) is 13.8 Å². The molecule has 0 aliphatic heterocycles. The Morgan fingerprint density at radius 1 is 1.11 bits per heavy atom. The lowest BCUT2D eigenvalue weighted by Gasteiger charge is -2.15. The minimum Gasteiger partial charge on any atom is -0.461 e. The van der Waals surface area contributed by atoms with Gasteiger partial charge < -0.3 is 4.74 Å². The summed E-state index contributed by atoms with van der Waals surface area (Å²) in [6, 6.07) is 12.1. The number of nitrogens with zero attached hydrogens (tertiary/aromatic N) is 2. The molecule has 2 heterocycles. The van der Waals surface area contributed by atoms with Crippen LogP contribution in [-0.4, -0.2) is 22.1 Å². The standard InChI is InChI=1S/C21H19F3N2O2/c1-4-28-20(27)17-6-5-7-19(25-17)26-14(3)9-11-18(26)16-12-15(21(22,23)24)10-8-13(16)2/h5-12H,4H2,1-3H3. The number of carbonyl (C=O) groups excluding carboxylic acids is 1. The Bertz CT molecular complexity index is 1020. The summed E-state index contributed by atoms with van der Waals surface area (Å²) in [5.41, 5.74) is 1.92. The smallest absolute Gasteiger partial charge is 0.416 e. The fourth-order valence-corrected chi connectivity index (χ4v) is 2.99. The van der Waals surface area contributed by atoms with Crippen molar-refractivity contribution in [2.45, 2.75) is 26.9 Å². The highest BCUT2D eigenvalue weighted by Crippen LogP contribution is 2.35. The Labute approximate surface area is 160 Å². The molecule has 0 saturated carbocycles. The van der Waals surface area contributed by atoms with E-state index in [1.807, 2.05) is 6.92 Å². The molecular weight excluding hydrogens is 369 g/mol. The summed E-state index contributed by atoms with van der Waals surface area (Å²) < 4.78 is 46.3. The number of hydrogen-bond acceptors (Lipinski definition) is 3. The van der Waals surface area contributed by atoms with Crippen LogP contribution < -0.4 is 0 Å². The number of halogens is 3. The third-order valence-electron chi connectivity index (χ3n) is 4.36. The predicted molar refractivity (Wildman–Crippen MR) is 99.4 cm³/mol. The maximum atomic E-state index is 13.2. The normalized spacial score (nSPS) is 11.5. The van der Waals surface area contributed by atoms with E-state index < -0.39 is 17.7 Å². The van der Waals surface area contributed by atoms with Gasteiger partial charge in [0.1, 0.15) is 5.82 Å². The van der Waals surface area contributed by atoms with Crippen molar-refractivity contribution < 1.29 is 22.7 Å². The van der Waals surface area contributed by atoms with Gasteiger partial charge in [-0.1, -0.05) is 12.1 Å². The van der Waals surface area contributed by atoms with Crippen LogP contribution in [0.25, 0.3) is 17.1 Å². The first kappa shape index (κ1) is 19.7. The first-order valence-corrected chi connectivity index (χ1v) is 8.73. The SMILES string of the molecule is CCOC(=O)c1cccc(-n2c(C)ccc2-c2cc(C(F)(F)F)ccc2C)n1. The number of esters is 1. The summed E-state index contributed by atoms with van der Waals surface area (Å²) in [4.78, 5) is 16.3. The van der Waals surface area contributed by atoms with E-state index in [1.54, 1.807) is 42.7 Å². The number of hydrogen-bond donors (Lipinski definition) is 0. The summed E-state index contributed by atoms with van der Waals surface area (Å²) in [6.07, 6.45) is -4.43. The van der Waals surface area contributed by atoms with Gasteiger partial charge in [0.25, 0.3) is 0 Å². The number of aryl methyl sites for hydroxylation is 2. The fraction of sp³-hybridized carbons (Fsp3) is 0.238. The lowest BCUT2D eigenvalue weighted by Crippen LogP contribution is -2.10. The zero-order valence-electron chi connectivity index (χ0n) is 15.7. The molecule has 0 saturated heterocycles. The molecular formula is C21H19F3N2O2. The van der Waals surface area contributed by atoms with Gasteiger partial charge in [-0.15, -0.1) is 0 Å². The summed E-state index contributed by atoms with van der Waals surface area (Å²) >= 11 is 0. The van der Waals surface area contributed by atoms with Gasteiger partial charge in [-0.25, -0.2) is 9.78 Å². The van der Waals surface area contributed by atoms with Gasteiger partial charge in [-0.3, -0.25) is 4.57 Å². The van der Waals surface area contributed by atoms with Crippen LogP contribution in [0.3, 0.4) is 0 Å². The van der Waals surface area contributed by atoms with E-state index in [0.717, 1.165) is 17.8 Å². The third kappa shape index (κ3) is 3.78. The minimum absolute atomic E-state index is 0.138. The number of alkyl halides is 3. The molecule has 0 fully saturated rings. The molecule has 0 amide bonds. The zero-order valence-corrected chi connectivity index (χ0v) is 15.7. The van der Waals surface area contributed by atoms with Crippen molar-refractivity contribution in [3.8, 4) is 17.1 Å². The average Bonchev–Trinajstić information content (AvgIpc) is 3.02. The Morgan fingerprint density at radius 3 is 2.54 bits per heavy atom. The molecule has 7 heteroatoms. The number of pyridine rings is 1. The van der Waals surface area contributed by atoms with Gasteiger partial charge in [-0.05, 0) is 62.7 Å². The van der Waals surface area contributed by atoms with E-state index in [0.29, 0.717) is 22.6 Å². The van der Waals surface area contributed by atoms with Crippen LogP contribution in [-0.2, 0) is 10.9 Å². The third-order valence-corrected chi connectivity index (χ3v) is 4.36. The molecule has 0 aliphatic carbocycles. The van der Waals surface area contributed by atoms with Gasteiger partial charge in [0.15, 0.2) is 5.69 Å². The molecule has 0 spiro atoms. The Kier molecular flexibility index (Phi) is 5.27. The van der Waals surface area contributed by atoms with Crippen LogP contribution in [0.4, 0.5) is 13.2 Å². The van der Waals surface area contributed by atoms with Crippen LogP contribution in [0.1, 0.15) is 34.2 Å². The van der Waals surface area contributed by atoms with E-state index >= 15 is 0 Å². The van der Waals surface area contributed by atoms with Crippen LogP contribution >= 0.6 is 0 Å². The van der Waals surface area contributed by atoms with Crippen molar-refractivity contribution in [1.29, 1.82) is 0 Å². The van der Waals surface area contributed by atoms with Gasteiger partial charge >= 0.3 is 12.1 Å². The maximum Gasteiger partial charge on any atom is 0.416 e. The highest BCUT2D eigenvalue weighted by molar-refractivity contribution is 5.87. The quantitative estimate of drug-likeness (QED) is 0.566. The van der Waals surface area contributed by atoms with Crippen molar-refractivity contribution in [2.75, 3.05) is 6.61 Å². The molecule has 146 valence electrons. The van der Waals surface area contributed by atoms with Gasteiger partial charge in [-0.2, -0.15) is 13.2 Å². The highest BCUT2D eigenvalue weighted by Gasteiger charge is 2.31. The minimum atomic E-state index is -4.43. The molecule has 0 radical (unpaired) electrons. The van der Waals surface area contributed by atoms with Crippen molar-refractivity contribution in [1.82, 2.24) is 9.55 Å². The van der Waals surface area contributed by atoms with Gasteiger partial charge in [0.05, 0.1) is 17.9 Å². The molecule has 28 heavy (non-hydrogen) atoms. The zero-order chi connectivity index (χ0) is 20.5. The Balaban J connectivity index is 2.15. The summed E-state index contributed by atoms with van der Waals surface area (Å²) in [6.45, 7) is 5.50. The monoisotopic (exact) mass is 388 g/mol. The molecule has 3 rings (SSSR count). The van der Waals surface area contributed by atoms with Crippen molar-refractivity contribution in [3.63, 3.8) is 0 Å². The van der Waals surface area contributed by atoms with E-state index in [4.69, 9.17) is 4.74 Å². The number of aromatic nitrogens is 2. The van der Waals surface area contributed by atoms with Crippen LogP contribution in [0.15, 0.2) is 48.5 Å². The van der Waals surface area contributed by atoms with E-state index in [1.165, 1.54) is 12.1 Å². The molecule has 0 N–H and O–H groups in total. The number of ether oxygens (including phenoxy) is 1. The number of rotatable bonds is 4. The fourth-order valence-electron chi connectivity index (χ4n) is 2.99. The first-order chi connectivity index (χ1) is 13.2. The van der Waals surface area contributed by atoms with Crippen LogP contribution in [0.5, 0.6) is 0 Å². The van der Waals surface area contributed by atoms with Gasteiger partial charge in [0, 0.05) is 11.3 Å². The topological polar surface area (TPSA) is 44.1 Å². The van der Waals surface area contributed by atoms with E-state index in [-0.39, 0.29) is 12.3 Å². The molecule has 0 unspecified atom stereocenters. The second-order valence-electron chi connectivity index (χ2n) is 6.32. The lowest BCUT2D eigenvalue weighted by atomic mass is 10.0. The summed E-state index contributed by atoms with van der Waals surface area (Å²) in [7, 11) is 0. The maximum absolute atomic E-state index is 13.2. The van der Waals surface area contributed by atoms with Gasteiger partial charge in [0.2, 0.25) is 0 Å². The Hall–Kier alpha value is -3.09. The van der Waals surface area contributed by atoms with E-state index in [2.05, 4.69) is 4.98 Å². The predicted octanol–water partition coefficient (Wildman–Crippen LogP) is 5.35. The molecule has 1 aromatic carbocycles. The average molecular weight is 388 g/mol. The number of carbonyl (C=O) groups is 1. The van der Waals surface area contributed by atoms with Crippen molar-refractivity contribution in [3.05, 3.63) is 71.0 Å². The number of benzene rings is 1. The largest absolute Gasteiger partial charge is 0.461 e. The molecule has 3 aromatic rings.